The summed E-state index contributed by atoms with van der Waals surface area (Å²) in [5.41, 5.74) is 10.3. The molecule has 0 spiro atoms. The first-order valence-electron chi connectivity index (χ1n) is 33.7. The van der Waals surface area contributed by atoms with Gasteiger partial charge in [0.15, 0.2) is 0 Å². The molecule has 20 heteroatoms. The van der Waals surface area contributed by atoms with Gasteiger partial charge in [0.2, 0.25) is 0 Å². The van der Waals surface area contributed by atoms with Crippen molar-refractivity contribution in [3.63, 3.8) is 0 Å². The summed E-state index contributed by atoms with van der Waals surface area (Å²) in [6, 6.07) is 7.01. The van der Waals surface area contributed by atoms with Gasteiger partial charge in [-0.05, 0) is 174 Å². The molecule has 0 fully saturated rings. The van der Waals surface area contributed by atoms with Gasteiger partial charge in [-0.3, -0.25) is 4.79 Å². The normalized spacial score (nSPS) is 24.7. The average molecular weight is 1340 g/mol. The van der Waals surface area contributed by atoms with Crippen LogP contribution in [0.4, 0.5) is 0 Å². The van der Waals surface area contributed by atoms with E-state index in [2.05, 4.69) is 60.6 Å². The Morgan fingerprint density at radius 3 is 1.02 bits per heavy atom. The van der Waals surface area contributed by atoms with Crippen LogP contribution in [0.2, 0.25) is 0 Å². The number of methoxy groups -OCH3 is 4. The minimum atomic E-state index is -0.845. The first-order chi connectivity index (χ1) is 46.0. The van der Waals surface area contributed by atoms with Crippen molar-refractivity contribution in [1.82, 2.24) is 0 Å². The molecule has 0 unspecified atom stereocenters. The van der Waals surface area contributed by atoms with Crippen molar-refractivity contribution in [3.05, 3.63) is 114 Å². The zero-order chi connectivity index (χ0) is 70.6. The number of carbonyl (C=O) groups excluding carboxylic acids is 6. The molecule has 97 heavy (non-hydrogen) atoms. The summed E-state index contributed by atoms with van der Waals surface area (Å²) in [6.45, 7) is 25.7. The Bertz CT molecular complexity index is 3700. The van der Waals surface area contributed by atoms with Crippen LogP contribution in [-0.2, 0) is 85.4 Å². The third-order valence-corrected chi connectivity index (χ3v) is 21.3. The maximum atomic E-state index is 12.1. The number of ether oxygens (including phenoxy) is 12. The number of benzene rings is 4. The number of fused-ring (bicyclic) bond motifs is 12. The van der Waals surface area contributed by atoms with Gasteiger partial charge in [0.25, 0.3) is 0 Å². The molecule has 4 aromatic carbocycles. The van der Waals surface area contributed by atoms with Crippen molar-refractivity contribution in [2.24, 2.45) is 23.7 Å². The number of rotatable bonds is 19. The van der Waals surface area contributed by atoms with Gasteiger partial charge in [0, 0.05) is 63.8 Å². The number of carboxylic acid groups (broad SMARTS) is 1. The lowest BCUT2D eigenvalue weighted by Crippen LogP contribution is -2.44. The van der Waals surface area contributed by atoms with E-state index in [-0.39, 0.29) is 85.9 Å². The number of allylic oxidation sites excluding steroid dienone is 4. The second kappa shape index (κ2) is 29.7. The molecule has 0 radical (unpaired) electrons. The van der Waals surface area contributed by atoms with Gasteiger partial charge >= 0.3 is 29.8 Å². The van der Waals surface area contributed by atoms with E-state index in [1.807, 2.05) is 27.7 Å². The maximum absolute atomic E-state index is 12.1. The molecule has 8 atom stereocenters. The van der Waals surface area contributed by atoms with Crippen LogP contribution in [0.15, 0.2) is 47.6 Å². The van der Waals surface area contributed by atoms with E-state index in [4.69, 9.17) is 61.9 Å². The molecule has 12 rings (SSSR count). The number of carbonyl (C=O) groups is 7. The maximum Gasteiger partial charge on any atom is 0.339 e. The van der Waals surface area contributed by atoms with E-state index in [0.717, 1.165) is 107 Å². The molecule has 20 nitrogen and oxygen atoms in total. The second-order valence-electron chi connectivity index (χ2n) is 28.2. The van der Waals surface area contributed by atoms with E-state index < -0.39 is 22.8 Å². The molecular weight excluding hydrogens is 1240 g/mol. The number of hydrogen-bond acceptors (Lipinski definition) is 19. The fraction of sp³-hybridized carbons (Fsp3) is 0.545. The van der Waals surface area contributed by atoms with Gasteiger partial charge in [-0.2, -0.15) is 0 Å². The van der Waals surface area contributed by atoms with Crippen molar-refractivity contribution >= 4 is 41.9 Å². The van der Waals surface area contributed by atoms with Crippen LogP contribution in [0, 0.1) is 23.7 Å². The highest BCUT2D eigenvalue weighted by atomic mass is 16.6. The number of ketones is 1. The quantitative estimate of drug-likeness (QED) is 0.0396. The highest BCUT2D eigenvalue weighted by molar-refractivity contribution is 5.97. The highest BCUT2D eigenvalue weighted by Gasteiger charge is 2.47. The van der Waals surface area contributed by atoms with Crippen molar-refractivity contribution < 1.29 is 95.5 Å². The number of Topliss-reactive ketones (excluding diaryl/α,β-unsaturated/α-hetero) is 1. The molecule has 8 aliphatic heterocycles. The number of esters is 4. The van der Waals surface area contributed by atoms with Gasteiger partial charge in [-0.1, -0.05) is 51.0 Å². The van der Waals surface area contributed by atoms with E-state index in [9.17, 15) is 33.6 Å². The number of carboxylic acids is 1. The molecule has 8 aliphatic rings. The lowest BCUT2D eigenvalue weighted by atomic mass is 9.78. The number of aldehydes is 1. The molecule has 0 bridgehead atoms. The third kappa shape index (κ3) is 15.1. The molecule has 4 aromatic rings. The second-order valence-corrected chi connectivity index (χ2v) is 28.2. The molecule has 0 saturated heterocycles. The van der Waals surface area contributed by atoms with Gasteiger partial charge < -0.3 is 71.5 Å². The Balaban J connectivity index is 0.000000152. The molecule has 524 valence electrons. The topological polar surface area (TPSA) is 250 Å². The van der Waals surface area contributed by atoms with Crippen molar-refractivity contribution in [2.45, 2.75) is 222 Å². The first-order valence-corrected chi connectivity index (χ1v) is 33.7. The Morgan fingerprint density at radius 1 is 0.443 bits per heavy atom. The fourth-order valence-corrected chi connectivity index (χ4v) is 14.1. The molecule has 0 aromatic heterocycles. The number of cyclic esters (lactones) is 4. The van der Waals surface area contributed by atoms with Crippen LogP contribution in [0.5, 0.6) is 46.0 Å². The van der Waals surface area contributed by atoms with E-state index in [1.165, 1.54) is 11.1 Å². The van der Waals surface area contributed by atoms with Crippen molar-refractivity contribution in [1.29, 1.82) is 0 Å². The monoisotopic (exact) mass is 1340 g/mol. The van der Waals surface area contributed by atoms with Gasteiger partial charge in [-0.15, -0.1) is 0 Å². The van der Waals surface area contributed by atoms with Crippen LogP contribution in [-0.4, -0.2) is 97.9 Å². The van der Waals surface area contributed by atoms with Crippen LogP contribution in [0.1, 0.15) is 233 Å². The minimum absolute atomic E-state index is 0.0394. The SMILES string of the molecule is COc1cc2c(c3c1C[C@H](C)[C@](C)(CC/C=C(\C)CCC=C(C)C)O3)COC2=O.COc1cc2c(c3c1C[C@H](C)[C@](C)(CCC(=O)O)O3)COC2=O.COc1cc2c(c3c1C[C@H](C)[C@](C)(CCC(C)=O)O3)COC2=O.COc1cc2c(c3c1C[C@H](C)[C@](C)(CCC=O)O3)COC2=O. The fourth-order valence-electron chi connectivity index (χ4n) is 14.1. The van der Waals surface area contributed by atoms with Gasteiger partial charge in [0.1, 0.15) is 107 Å². The minimum Gasteiger partial charge on any atom is -0.496 e. The van der Waals surface area contributed by atoms with Crippen LogP contribution in [0.3, 0.4) is 0 Å². The smallest absolute Gasteiger partial charge is 0.339 e. The average Bonchev–Trinajstić information content (AvgIpc) is 1.68. The summed E-state index contributed by atoms with van der Waals surface area (Å²) in [5, 5.41) is 8.97. The zero-order valence-electron chi connectivity index (χ0n) is 59.3. The summed E-state index contributed by atoms with van der Waals surface area (Å²) < 4.78 is 68.0. The van der Waals surface area contributed by atoms with E-state index >= 15 is 0 Å². The molecular formula is C77H96O20. The number of hydrogen-bond donors (Lipinski definition) is 1. The Morgan fingerprint density at radius 2 is 0.742 bits per heavy atom. The predicted molar refractivity (Wildman–Crippen MR) is 360 cm³/mol. The molecule has 0 saturated carbocycles. The Labute approximate surface area is 569 Å². The zero-order valence-corrected chi connectivity index (χ0v) is 59.3. The largest absolute Gasteiger partial charge is 0.496 e. The molecule has 1 N–H and O–H groups in total. The number of aliphatic carboxylic acids is 1. The predicted octanol–water partition coefficient (Wildman–Crippen LogP) is 14.5. The van der Waals surface area contributed by atoms with Crippen LogP contribution >= 0.6 is 0 Å². The van der Waals surface area contributed by atoms with Crippen molar-refractivity contribution in [2.75, 3.05) is 28.4 Å². The Kier molecular flexibility index (Phi) is 22.2. The van der Waals surface area contributed by atoms with Crippen LogP contribution < -0.4 is 37.9 Å². The standard InChI is InChI=1S/C25H34O4.C18H22O5.C17H20O6.C17H20O5/c1-16(2)9-7-10-17(3)11-8-12-25(5)18(4)13-20-22(27-6)14-19-21(23(20)29-25)15-28-24(19)26;1-10-7-13-15(21-4)8-12-14(9-22-17(12)20)16(13)23-18(10,3)6-5-11(2)19;1-9-6-11-13(21-3)7-10-12(8-22-16(10)20)15(11)23-17(9,2)5-4-14(18)19;1-10-7-12-14(20-3)8-11-13(9-21-16(11)19)15(12)22-17(10,2)5-4-6-18/h9,11,14,18H,7-8,10,12-13,15H2,1-6H3;8,10H,5-7,9H2,1-4H3;7,9H,4-6,8H2,1-3H3,(H,18,19);6,8,10H,4-5,7,9H2,1-3H3/b17-11+;;;/t18-,25-;10-,18-;9-,17-;10-,17-/m0000/s1. The molecule has 0 aliphatic carbocycles. The summed E-state index contributed by atoms with van der Waals surface area (Å²) >= 11 is 0. The van der Waals surface area contributed by atoms with E-state index in [1.54, 1.807) is 59.6 Å². The molecule has 8 heterocycles. The summed E-state index contributed by atoms with van der Waals surface area (Å²) in [4.78, 5) is 80.7. The summed E-state index contributed by atoms with van der Waals surface area (Å²) in [7, 11) is 6.39. The van der Waals surface area contributed by atoms with Gasteiger partial charge in [0.05, 0.1) is 50.7 Å². The van der Waals surface area contributed by atoms with Gasteiger partial charge in [-0.25, -0.2) is 19.2 Å². The summed E-state index contributed by atoms with van der Waals surface area (Å²) in [6.07, 6.45) is 15.5. The lowest BCUT2D eigenvalue weighted by molar-refractivity contribution is -0.138. The Hall–Kier alpha value is -8.55. The summed E-state index contributed by atoms with van der Waals surface area (Å²) in [5.74, 6) is 4.40. The van der Waals surface area contributed by atoms with Crippen LogP contribution in [0.25, 0.3) is 0 Å². The third-order valence-electron chi connectivity index (χ3n) is 21.3. The van der Waals surface area contributed by atoms with Crippen molar-refractivity contribution in [3.8, 4) is 46.0 Å². The highest BCUT2D eigenvalue weighted by Crippen LogP contribution is 2.53. The lowest BCUT2D eigenvalue weighted by Gasteiger charge is -2.42. The molecule has 0 amide bonds. The van der Waals surface area contributed by atoms with E-state index in [0.29, 0.717) is 101 Å². The first kappa shape index (κ1) is 72.7.